The van der Waals surface area contributed by atoms with Gasteiger partial charge >= 0.3 is 0 Å². The van der Waals surface area contributed by atoms with E-state index in [0.29, 0.717) is 38.6 Å². The molecule has 0 radical (unpaired) electrons. The molecule has 1 amide bonds. The van der Waals surface area contributed by atoms with Crippen molar-refractivity contribution < 1.29 is 19.0 Å². The van der Waals surface area contributed by atoms with Crippen LogP contribution in [0.3, 0.4) is 0 Å². The van der Waals surface area contributed by atoms with Crippen LogP contribution in [-0.2, 0) is 9.53 Å². The van der Waals surface area contributed by atoms with E-state index in [4.69, 9.17) is 14.2 Å². The van der Waals surface area contributed by atoms with Gasteiger partial charge in [0.1, 0.15) is 13.2 Å². The lowest BCUT2D eigenvalue weighted by molar-refractivity contribution is -0.117. The van der Waals surface area contributed by atoms with Crippen molar-refractivity contribution in [1.82, 2.24) is 5.32 Å². The van der Waals surface area contributed by atoms with Crippen molar-refractivity contribution in [3.63, 3.8) is 0 Å². The molecule has 1 unspecified atom stereocenters. The molecule has 6 heteroatoms. The quantitative estimate of drug-likeness (QED) is 0.855. The first-order valence-corrected chi connectivity index (χ1v) is 6.82. The second-order valence-electron chi connectivity index (χ2n) is 4.84. The number of nitrogens with one attached hydrogen (secondary N) is 2. The maximum atomic E-state index is 12.0. The summed E-state index contributed by atoms with van der Waals surface area (Å²) in [5.74, 6) is 1.36. The van der Waals surface area contributed by atoms with Gasteiger partial charge in [0.25, 0.3) is 0 Å². The number of anilines is 1. The smallest absolute Gasteiger partial charge is 0.226 e. The maximum Gasteiger partial charge on any atom is 0.226 e. The molecule has 2 aliphatic rings. The minimum absolute atomic E-state index is 0.0373. The topological polar surface area (TPSA) is 68.8 Å². The third-order valence-corrected chi connectivity index (χ3v) is 3.26. The van der Waals surface area contributed by atoms with Crippen molar-refractivity contribution >= 4 is 11.6 Å². The zero-order valence-electron chi connectivity index (χ0n) is 11.2. The summed E-state index contributed by atoms with van der Waals surface area (Å²) in [7, 11) is 0. The zero-order chi connectivity index (χ0) is 13.8. The number of morpholine rings is 1. The monoisotopic (exact) mass is 278 g/mol. The number of rotatable bonds is 3. The van der Waals surface area contributed by atoms with Crippen LogP contribution in [0, 0.1) is 0 Å². The van der Waals surface area contributed by atoms with Gasteiger partial charge in [-0.2, -0.15) is 0 Å². The molecule has 1 aromatic rings. The molecule has 1 aromatic carbocycles. The Kier molecular flexibility index (Phi) is 4.03. The second kappa shape index (κ2) is 6.11. The molecule has 2 heterocycles. The Labute approximate surface area is 117 Å². The highest BCUT2D eigenvalue weighted by Crippen LogP contribution is 2.32. The van der Waals surface area contributed by atoms with Crippen molar-refractivity contribution in [2.45, 2.75) is 12.5 Å². The van der Waals surface area contributed by atoms with E-state index >= 15 is 0 Å². The predicted octanol–water partition coefficient (Wildman–Crippen LogP) is 0.775. The summed E-state index contributed by atoms with van der Waals surface area (Å²) < 4.78 is 16.3. The van der Waals surface area contributed by atoms with Crippen LogP contribution < -0.4 is 20.1 Å². The lowest BCUT2D eigenvalue weighted by Gasteiger charge is -2.23. The fraction of sp³-hybridized carbons (Fsp3) is 0.500. The first kappa shape index (κ1) is 13.2. The summed E-state index contributed by atoms with van der Waals surface area (Å²) in [6.45, 7) is 3.18. The Hall–Kier alpha value is -1.79. The number of carbonyl (C=O) groups is 1. The molecule has 0 aromatic heterocycles. The van der Waals surface area contributed by atoms with Crippen LogP contribution in [-0.4, -0.2) is 44.9 Å². The van der Waals surface area contributed by atoms with E-state index in [9.17, 15) is 4.79 Å². The summed E-state index contributed by atoms with van der Waals surface area (Å²) in [6, 6.07) is 5.50. The molecule has 0 spiro atoms. The van der Waals surface area contributed by atoms with Crippen LogP contribution in [0.4, 0.5) is 5.69 Å². The molecule has 2 aliphatic heterocycles. The first-order chi connectivity index (χ1) is 9.81. The van der Waals surface area contributed by atoms with Gasteiger partial charge in [0, 0.05) is 30.8 Å². The molecule has 2 N–H and O–H groups in total. The van der Waals surface area contributed by atoms with Crippen LogP contribution in [0.15, 0.2) is 18.2 Å². The number of hydrogen-bond donors (Lipinski definition) is 2. The van der Waals surface area contributed by atoms with Crippen LogP contribution in [0.1, 0.15) is 6.42 Å². The number of ether oxygens (including phenoxy) is 3. The molecule has 1 saturated heterocycles. The normalized spacial score (nSPS) is 21.3. The average molecular weight is 278 g/mol. The van der Waals surface area contributed by atoms with Gasteiger partial charge in [-0.05, 0) is 12.1 Å². The van der Waals surface area contributed by atoms with Crippen LogP contribution in [0.25, 0.3) is 0 Å². The van der Waals surface area contributed by atoms with Gasteiger partial charge in [-0.1, -0.05) is 0 Å². The van der Waals surface area contributed by atoms with E-state index < -0.39 is 0 Å². The third-order valence-electron chi connectivity index (χ3n) is 3.26. The molecule has 108 valence electrons. The molecular formula is C14H18N2O4. The van der Waals surface area contributed by atoms with Crippen LogP contribution in [0.5, 0.6) is 11.5 Å². The first-order valence-electron chi connectivity index (χ1n) is 6.82. The summed E-state index contributed by atoms with van der Waals surface area (Å²) >= 11 is 0. The predicted molar refractivity (Wildman–Crippen MR) is 73.3 cm³/mol. The van der Waals surface area contributed by atoms with E-state index in [1.54, 1.807) is 6.07 Å². The highest BCUT2D eigenvalue weighted by atomic mass is 16.6. The van der Waals surface area contributed by atoms with E-state index in [-0.39, 0.29) is 11.9 Å². The van der Waals surface area contributed by atoms with Crippen molar-refractivity contribution in [3.8, 4) is 11.5 Å². The van der Waals surface area contributed by atoms with Gasteiger partial charge in [-0.15, -0.1) is 0 Å². The SMILES string of the molecule is O=C(CC1COCCN1)Nc1ccc2c(c1)OCCO2. The van der Waals surface area contributed by atoms with Crippen molar-refractivity contribution in [3.05, 3.63) is 18.2 Å². The van der Waals surface area contributed by atoms with Gasteiger partial charge in [0.15, 0.2) is 11.5 Å². The van der Waals surface area contributed by atoms with E-state index in [1.165, 1.54) is 0 Å². The highest BCUT2D eigenvalue weighted by Gasteiger charge is 2.18. The molecular weight excluding hydrogens is 260 g/mol. The van der Waals surface area contributed by atoms with E-state index in [0.717, 1.165) is 18.0 Å². The molecule has 1 atom stereocenters. The number of amides is 1. The summed E-state index contributed by atoms with van der Waals surface area (Å²) in [6.07, 6.45) is 0.397. The largest absolute Gasteiger partial charge is 0.486 e. The summed E-state index contributed by atoms with van der Waals surface area (Å²) in [4.78, 5) is 12.0. The Morgan fingerprint density at radius 2 is 2.10 bits per heavy atom. The Morgan fingerprint density at radius 3 is 2.90 bits per heavy atom. The van der Waals surface area contributed by atoms with Gasteiger partial charge in [-0.25, -0.2) is 0 Å². The number of fused-ring (bicyclic) bond motifs is 1. The number of hydrogen-bond acceptors (Lipinski definition) is 5. The van der Waals surface area contributed by atoms with Gasteiger partial charge in [-0.3, -0.25) is 4.79 Å². The minimum atomic E-state index is -0.0373. The van der Waals surface area contributed by atoms with Gasteiger partial charge in [0.05, 0.1) is 13.2 Å². The third kappa shape index (κ3) is 3.20. The fourth-order valence-electron chi connectivity index (χ4n) is 2.31. The highest BCUT2D eigenvalue weighted by molar-refractivity contribution is 5.91. The molecule has 0 bridgehead atoms. The zero-order valence-corrected chi connectivity index (χ0v) is 11.2. The lowest BCUT2D eigenvalue weighted by atomic mass is 10.2. The van der Waals surface area contributed by atoms with Crippen LogP contribution >= 0.6 is 0 Å². The number of benzene rings is 1. The number of carbonyl (C=O) groups excluding carboxylic acids is 1. The minimum Gasteiger partial charge on any atom is -0.486 e. The molecule has 1 fully saturated rings. The van der Waals surface area contributed by atoms with Crippen molar-refractivity contribution in [2.24, 2.45) is 0 Å². The fourth-order valence-corrected chi connectivity index (χ4v) is 2.31. The molecule has 0 aliphatic carbocycles. The molecule has 6 nitrogen and oxygen atoms in total. The van der Waals surface area contributed by atoms with Crippen molar-refractivity contribution in [1.29, 1.82) is 0 Å². The van der Waals surface area contributed by atoms with Crippen molar-refractivity contribution in [2.75, 3.05) is 38.3 Å². The molecule has 3 rings (SSSR count). The Morgan fingerprint density at radius 1 is 1.25 bits per heavy atom. The summed E-state index contributed by atoms with van der Waals surface area (Å²) in [5, 5.41) is 6.12. The molecule has 0 saturated carbocycles. The lowest BCUT2D eigenvalue weighted by Crippen LogP contribution is -2.43. The Balaban J connectivity index is 1.58. The Bertz CT molecular complexity index is 486. The van der Waals surface area contributed by atoms with E-state index in [2.05, 4.69) is 10.6 Å². The average Bonchev–Trinajstić information content (AvgIpc) is 2.48. The summed E-state index contributed by atoms with van der Waals surface area (Å²) in [5.41, 5.74) is 0.718. The van der Waals surface area contributed by atoms with Crippen LogP contribution in [0.2, 0.25) is 0 Å². The van der Waals surface area contributed by atoms with Gasteiger partial charge in [0.2, 0.25) is 5.91 Å². The standard InChI is InChI=1S/C14H18N2O4/c17-14(8-11-9-18-4-3-15-11)16-10-1-2-12-13(7-10)20-6-5-19-12/h1-2,7,11,15H,3-6,8-9H2,(H,16,17). The molecule has 20 heavy (non-hydrogen) atoms. The maximum absolute atomic E-state index is 12.0. The second-order valence-corrected chi connectivity index (χ2v) is 4.84. The van der Waals surface area contributed by atoms with Gasteiger partial charge < -0.3 is 24.8 Å². The van der Waals surface area contributed by atoms with E-state index in [1.807, 2.05) is 12.1 Å².